The number of hydrogen-bond donors (Lipinski definition) is 1. The standard InChI is InChI=1S/C18H18FN3O3/c1-23-15-5-4-11(6-17(15)25-3)9-20-18-12-7-16(24-2)13(19)8-14(12)21-10-22-18/h4-8,10H,9H2,1-3H3,(H,20,21,22). The van der Waals surface area contributed by atoms with Crippen LogP contribution < -0.4 is 19.5 Å². The lowest BCUT2D eigenvalue weighted by Gasteiger charge is -2.12. The van der Waals surface area contributed by atoms with Crippen LogP contribution in [0.3, 0.4) is 0 Å². The maximum Gasteiger partial charge on any atom is 0.167 e. The van der Waals surface area contributed by atoms with Crippen LogP contribution in [0.2, 0.25) is 0 Å². The third-order valence-electron chi connectivity index (χ3n) is 3.82. The molecule has 0 aliphatic rings. The smallest absolute Gasteiger partial charge is 0.167 e. The van der Waals surface area contributed by atoms with E-state index < -0.39 is 5.82 Å². The third-order valence-corrected chi connectivity index (χ3v) is 3.82. The van der Waals surface area contributed by atoms with Gasteiger partial charge in [-0.15, -0.1) is 0 Å². The zero-order valence-electron chi connectivity index (χ0n) is 14.2. The van der Waals surface area contributed by atoms with Gasteiger partial charge in [0.25, 0.3) is 0 Å². The fourth-order valence-electron chi connectivity index (χ4n) is 2.53. The lowest BCUT2D eigenvalue weighted by Crippen LogP contribution is -2.03. The molecule has 1 N–H and O–H groups in total. The average Bonchev–Trinajstić information content (AvgIpc) is 2.65. The topological polar surface area (TPSA) is 65.5 Å². The Labute approximate surface area is 144 Å². The highest BCUT2D eigenvalue weighted by Gasteiger charge is 2.11. The molecule has 1 aromatic heterocycles. The summed E-state index contributed by atoms with van der Waals surface area (Å²) in [5.41, 5.74) is 1.49. The van der Waals surface area contributed by atoms with E-state index in [1.165, 1.54) is 19.5 Å². The highest BCUT2D eigenvalue weighted by atomic mass is 19.1. The van der Waals surface area contributed by atoms with Gasteiger partial charge < -0.3 is 19.5 Å². The number of anilines is 1. The summed E-state index contributed by atoms with van der Waals surface area (Å²) in [6, 6.07) is 8.57. The van der Waals surface area contributed by atoms with Crippen LogP contribution in [0.15, 0.2) is 36.7 Å². The number of fused-ring (bicyclic) bond motifs is 1. The van der Waals surface area contributed by atoms with Crippen LogP contribution in [0.1, 0.15) is 5.56 Å². The Morgan fingerprint density at radius 1 is 0.920 bits per heavy atom. The molecule has 0 fully saturated rings. The lowest BCUT2D eigenvalue weighted by molar-refractivity contribution is 0.354. The fourth-order valence-corrected chi connectivity index (χ4v) is 2.53. The van der Waals surface area contributed by atoms with Crippen molar-refractivity contribution >= 4 is 16.7 Å². The SMILES string of the molecule is COc1cc2c(NCc3ccc(OC)c(OC)c3)ncnc2cc1F. The van der Waals surface area contributed by atoms with Crippen molar-refractivity contribution in [1.82, 2.24) is 9.97 Å². The van der Waals surface area contributed by atoms with E-state index in [-0.39, 0.29) is 5.75 Å². The summed E-state index contributed by atoms with van der Waals surface area (Å²) in [7, 11) is 4.61. The third kappa shape index (κ3) is 3.40. The maximum absolute atomic E-state index is 13.8. The van der Waals surface area contributed by atoms with E-state index in [4.69, 9.17) is 14.2 Å². The number of benzene rings is 2. The summed E-state index contributed by atoms with van der Waals surface area (Å²) in [5, 5.41) is 3.92. The van der Waals surface area contributed by atoms with Gasteiger partial charge in [-0.25, -0.2) is 14.4 Å². The van der Waals surface area contributed by atoms with E-state index in [2.05, 4.69) is 15.3 Å². The number of nitrogens with zero attached hydrogens (tertiary/aromatic N) is 2. The number of rotatable bonds is 6. The molecular weight excluding hydrogens is 325 g/mol. The van der Waals surface area contributed by atoms with E-state index in [1.54, 1.807) is 20.3 Å². The van der Waals surface area contributed by atoms with Crippen LogP contribution in [-0.2, 0) is 6.54 Å². The zero-order valence-corrected chi connectivity index (χ0v) is 14.2. The maximum atomic E-state index is 13.8. The summed E-state index contributed by atoms with van der Waals surface area (Å²) in [6.07, 6.45) is 1.39. The molecule has 1 heterocycles. The number of nitrogens with one attached hydrogen (secondary N) is 1. The van der Waals surface area contributed by atoms with Gasteiger partial charge in [-0.05, 0) is 23.8 Å². The average molecular weight is 343 g/mol. The van der Waals surface area contributed by atoms with Crippen LogP contribution >= 0.6 is 0 Å². The number of hydrogen-bond acceptors (Lipinski definition) is 6. The molecule has 0 atom stereocenters. The minimum atomic E-state index is -0.459. The summed E-state index contributed by atoms with van der Waals surface area (Å²) >= 11 is 0. The fraction of sp³-hybridized carbons (Fsp3) is 0.222. The first-order valence-corrected chi connectivity index (χ1v) is 7.59. The first kappa shape index (κ1) is 16.8. The zero-order chi connectivity index (χ0) is 17.8. The van der Waals surface area contributed by atoms with Crippen molar-refractivity contribution in [2.75, 3.05) is 26.6 Å². The summed E-state index contributed by atoms with van der Waals surface area (Å²) < 4.78 is 29.4. The summed E-state index contributed by atoms with van der Waals surface area (Å²) in [5.74, 6) is 1.60. The minimum absolute atomic E-state index is 0.150. The van der Waals surface area contributed by atoms with Gasteiger partial charge in [-0.2, -0.15) is 0 Å². The van der Waals surface area contributed by atoms with Crippen LogP contribution in [-0.4, -0.2) is 31.3 Å². The predicted molar refractivity (Wildman–Crippen MR) is 92.9 cm³/mol. The van der Waals surface area contributed by atoms with E-state index >= 15 is 0 Å². The molecule has 7 heteroatoms. The van der Waals surface area contributed by atoms with Crippen LogP contribution in [0.5, 0.6) is 17.2 Å². The van der Waals surface area contributed by atoms with E-state index in [0.717, 1.165) is 5.56 Å². The largest absolute Gasteiger partial charge is 0.494 e. The highest BCUT2D eigenvalue weighted by Crippen LogP contribution is 2.29. The quantitative estimate of drug-likeness (QED) is 0.740. The number of methoxy groups -OCH3 is 3. The van der Waals surface area contributed by atoms with Crippen LogP contribution in [0, 0.1) is 5.82 Å². The second-order valence-corrected chi connectivity index (χ2v) is 5.27. The molecule has 3 rings (SSSR count). The van der Waals surface area contributed by atoms with Crippen molar-refractivity contribution in [3.63, 3.8) is 0 Å². The van der Waals surface area contributed by atoms with Crippen molar-refractivity contribution < 1.29 is 18.6 Å². The first-order valence-electron chi connectivity index (χ1n) is 7.59. The molecule has 3 aromatic rings. The Morgan fingerprint density at radius 2 is 1.68 bits per heavy atom. The molecule has 0 bridgehead atoms. The molecule has 25 heavy (non-hydrogen) atoms. The molecule has 0 aliphatic carbocycles. The molecule has 0 amide bonds. The molecule has 0 radical (unpaired) electrons. The molecule has 6 nitrogen and oxygen atoms in total. The Kier molecular flexibility index (Phi) is 4.83. The van der Waals surface area contributed by atoms with E-state index in [0.29, 0.717) is 34.8 Å². The lowest BCUT2D eigenvalue weighted by atomic mass is 10.2. The predicted octanol–water partition coefficient (Wildman–Crippen LogP) is 3.41. The second-order valence-electron chi connectivity index (χ2n) is 5.27. The van der Waals surface area contributed by atoms with Crippen molar-refractivity contribution in [3.05, 3.63) is 48.0 Å². The number of ether oxygens (including phenoxy) is 3. The van der Waals surface area contributed by atoms with E-state index in [9.17, 15) is 4.39 Å². The van der Waals surface area contributed by atoms with Gasteiger partial charge in [0, 0.05) is 18.0 Å². The van der Waals surface area contributed by atoms with Crippen molar-refractivity contribution in [1.29, 1.82) is 0 Å². The Balaban J connectivity index is 1.88. The van der Waals surface area contributed by atoms with Gasteiger partial charge in [0.1, 0.15) is 12.1 Å². The summed E-state index contributed by atoms with van der Waals surface area (Å²) in [4.78, 5) is 8.35. The van der Waals surface area contributed by atoms with Crippen molar-refractivity contribution in [2.24, 2.45) is 0 Å². The number of halogens is 1. The molecule has 0 unspecified atom stereocenters. The van der Waals surface area contributed by atoms with Crippen molar-refractivity contribution in [3.8, 4) is 17.2 Å². The van der Waals surface area contributed by atoms with Gasteiger partial charge in [0.2, 0.25) is 0 Å². The van der Waals surface area contributed by atoms with E-state index in [1.807, 2.05) is 18.2 Å². The van der Waals surface area contributed by atoms with Gasteiger partial charge >= 0.3 is 0 Å². The van der Waals surface area contributed by atoms with Crippen molar-refractivity contribution in [2.45, 2.75) is 6.54 Å². The minimum Gasteiger partial charge on any atom is -0.494 e. The summed E-state index contributed by atoms with van der Waals surface area (Å²) in [6.45, 7) is 0.506. The Bertz CT molecular complexity index is 902. The first-order chi connectivity index (χ1) is 12.2. The molecular formula is C18H18FN3O3. The molecule has 130 valence electrons. The molecule has 0 saturated carbocycles. The second kappa shape index (κ2) is 7.21. The number of aromatic nitrogens is 2. The van der Waals surface area contributed by atoms with Crippen LogP contribution in [0.4, 0.5) is 10.2 Å². The molecule has 0 saturated heterocycles. The monoisotopic (exact) mass is 343 g/mol. The molecule has 0 spiro atoms. The van der Waals surface area contributed by atoms with Gasteiger partial charge in [0.15, 0.2) is 23.1 Å². The normalized spacial score (nSPS) is 10.6. The van der Waals surface area contributed by atoms with Crippen LogP contribution in [0.25, 0.3) is 10.9 Å². The van der Waals surface area contributed by atoms with Gasteiger partial charge in [-0.3, -0.25) is 0 Å². The van der Waals surface area contributed by atoms with Gasteiger partial charge in [0.05, 0.1) is 26.8 Å². The Morgan fingerprint density at radius 3 is 2.40 bits per heavy atom. The Hall–Kier alpha value is -3.09. The van der Waals surface area contributed by atoms with Gasteiger partial charge in [-0.1, -0.05) is 6.07 Å². The molecule has 0 aliphatic heterocycles. The molecule has 2 aromatic carbocycles. The highest BCUT2D eigenvalue weighted by molar-refractivity contribution is 5.90.